The molecule has 0 radical (unpaired) electrons. The summed E-state index contributed by atoms with van der Waals surface area (Å²) in [5, 5.41) is 9.94. The number of anilines is 4. The van der Waals surface area contributed by atoms with Gasteiger partial charge in [-0.2, -0.15) is 5.10 Å². The van der Waals surface area contributed by atoms with Crippen molar-refractivity contribution in [2.45, 2.75) is 26.2 Å². The molecule has 0 atom stereocenters. The Hall–Kier alpha value is -4.60. The molecule has 0 fully saturated rings. The van der Waals surface area contributed by atoms with Crippen molar-refractivity contribution in [2.75, 3.05) is 22.1 Å². The molecule has 0 bridgehead atoms. The molecule has 2 aromatic heterocycles. The van der Waals surface area contributed by atoms with E-state index in [9.17, 15) is 9.18 Å². The highest BCUT2D eigenvalue weighted by Crippen LogP contribution is 2.32. The van der Waals surface area contributed by atoms with Crippen molar-refractivity contribution in [3.63, 3.8) is 0 Å². The van der Waals surface area contributed by atoms with Gasteiger partial charge in [-0.3, -0.25) is 5.32 Å². The van der Waals surface area contributed by atoms with Crippen LogP contribution in [-0.4, -0.2) is 20.8 Å². The molecule has 0 spiro atoms. The highest BCUT2D eigenvalue weighted by atomic mass is 19.1. The maximum atomic E-state index is 14.7. The number of ether oxygens (including phenoxy) is 1. The molecule has 180 valence electrons. The largest absolute Gasteiger partial charge is 0.455 e. The fourth-order valence-corrected chi connectivity index (χ4v) is 3.22. The van der Waals surface area contributed by atoms with Crippen LogP contribution in [0, 0.1) is 5.82 Å². The molecule has 0 unspecified atom stereocenters. The number of aromatic nitrogens is 3. The van der Waals surface area contributed by atoms with Crippen molar-refractivity contribution in [2.24, 2.45) is 0 Å². The number of hydrogen-bond donors (Lipinski definition) is 4. The number of urea groups is 1. The van der Waals surface area contributed by atoms with E-state index in [2.05, 4.69) is 20.7 Å². The summed E-state index contributed by atoms with van der Waals surface area (Å²) >= 11 is 0. The number of rotatable bonds is 5. The van der Waals surface area contributed by atoms with E-state index in [1.807, 2.05) is 51.1 Å². The molecule has 0 aliphatic heterocycles. The first-order valence-corrected chi connectivity index (χ1v) is 10.8. The van der Waals surface area contributed by atoms with Crippen molar-refractivity contribution < 1.29 is 13.9 Å². The molecule has 0 saturated heterocycles. The zero-order valence-corrected chi connectivity index (χ0v) is 19.5. The van der Waals surface area contributed by atoms with E-state index in [1.54, 1.807) is 10.7 Å². The van der Waals surface area contributed by atoms with E-state index in [0.29, 0.717) is 5.82 Å². The third-order valence-electron chi connectivity index (χ3n) is 5.12. The molecule has 0 saturated carbocycles. The van der Waals surface area contributed by atoms with Gasteiger partial charge in [-0.15, -0.1) is 0 Å². The minimum absolute atomic E-state index is 0.0288. The second kappa shape index (κ2) is 9.34. The molecule has 2 aromatic carbocycles. The molecule has 35 heavy (non-hydrogen) atoms. The van der Waals surface area contributed by atoms with Gasteiger partial charge in [-0.05, 0) is 24.3 Å². The quantitative estimate of drug-likeness (QED) is 0.309. The van der Waals surface area contributed by atoms with Gasteiger partial charge in [0.1, 0.15) is 28.9 Å². The number of nitrogen functional groups attached to an aromatic ring is 2. The number of carbonyl (C=O) groups is 1. The number of hydrogen-bond acceptors (Lipinski definition) is 6. The lowest BCUT2D eigenvalue weighted by molar-refractivity contribution is 0.262. The fraction of sp³-hybridized carbons (Fsp3) is 0.160. The summed E-state index contributed by atoms with van der Waals surface area (Å²) in [6.07, 6.45) is 1.43. The average Bonchev–Trinajstić information content (AvgIpc) is 3.23. The van der Waals surface area contributed by atoms with Crippen molar-refractivity contribution in [3.05, 3.63) is 78.4 Å². The third-order valence-corrected chi connectivity index (χ3v) is 5.12. The molecular weight excluding hydrogens is 449 g/mol. The number of nitrogens with one attached hydrogen (secondary N) is 2. The number of carbonyl (C=O) groups excluding carboxylic acids is 1. The fourth-order valence-electron chi connectivity index (χ4n) is 3.22. The Kier molecular flexibility index (Phi) is 6.28. The standard InChI is InChI=1S/C25H26FN7O2/c1-25(2,3)20-14-21(33(32-20)15-7-5-4-6-8-15)31-24(34)30-18-10-9-16(13-17(18)26)35-19-11-12-29-23(28)22(19)27/h4-14H,27H2,1-3H3,(H2,28,29)(H2,30,31,34). The van der Waals surface area contributed by atoms with Gasteiger partial charge in [0.15, 0.2) is 5.75 Å². The first-order valence-electron chi connectivity index (χ1n) is 10.8. The van der Waals surface area contributed by atoms with Gasteiger partial charge in [-0.25, -0.2) is 18.9 Å². The van der Waals surface area contributed by atoms with E-state index < -0.39 is 11.8 Å². The monoisotopic (exact) mass is 475 g/mol. The van der Waals surface area contributed by atoms with Gasteiger partial charge in [0.05, 0.1) is 17.1 Å². The predicted octanol–water partition coefficient (Wildman–Crippen LogP) is 5.30. The molecule has 4 aromatic rings. The Bertz CT molecular complexity index is 1360. The lowest BCUT2D eigenvalue weighted by Gasteiger charge is -2.14. The summed E-state index contributed by atoms with van der Waals surface area (Å²) < 4.78 is 22.0. The van der Waals surface area contributed by atoms with E-state index in [4.69, 9.17) is 16.2 Å². The van der Waals surface area contributed by atoms with Crippen molar-refractivity contribution in [1.82, 2.24) is 14.8 Å². The summed E-state index contributed by atoms with van der Waals surface area (Å²) in [7, 11) is 0. The second-order valence-electron chi connectivity index (χ2n) is 8.84. The van der Waals surface area contributed by atoms with Gasteiger partial charge in [0.2, 0.25) is 0 Å². The molecule has 6 N–H and O–H groups in total. The van der Waals surface area contributed by atoms with Crippen LogP contribution in [0.5, 0.6) is 11.5 Å². The summed E-state index contributed by atoms with van der Waals surface area (Å²) in [6, 6.07) is 16.1. The normalized spacial score (nSPS) is 11.2. The van der Waals surface area contributed by atoms with Crippen LogP contribution >= 0.6 is 0 Å². The Morgan fingerprint density at radius 2 is 1.77 bits per heavy atom. The number of amides is 2. The number of halogens is 1. The molecule has 4 rings (SSSR count). The SMILES string of the molecule is CC(C)(C)c1cc(NC(=O)Nc2ccc(Oc3ccnc(N)c3N)cc2F)n(-c2ccccc2)n1. The molecular formula is C25H26FN7O2. The van der Waals surface area contributed by atoms with Crippen LogP contribution in [0.1, 0.15) is 26.5 Å². The maximum Gasteiger partial charge on any atom is 0.324 e. The summed E-state index contributed by atoms with van der Waals surface area (Å²) in [4.78, 5) is 16.6. The maximum absolute atomic E-state index is 14.7. The van der Waals surface area contributed by atoms with Crippen molar-refractivity contribution in [3.8, 4) is 17.2 Å². The minimum atomic E-state index is -0.690. The van der Waals surface area contributed by atoms with Crippen LogP contribution in [-0.2, 0) is 5.41 Å². The third kappa shape index (κ3) is 5.32. The number of benzene rings is 2. The smallest absolute Gasteiger partial charge is 0.324 e. The number of para-hydroxylation sites is 1. The van der Waals surface area contributed by atoms with Crippen LogP contribution < -0.4 is 26.8 Å². The Labute approximate surface area is 201 Å². The Morgan fingerprint density at radius 3 is 2.46 bits per heavy atom. The van der Waals surface area contributed by atoms with Gasteiger partial charge in [0, 0.05) is 29.8 Å². The highest BCUT2D eigenvalue weighted by Gasteiger charge is 2.22. The molecule has 10 heteroatoms. The van der Waals surface area contributed by atoms with Crippen LogP contribution in [0.2, 0.25) is 0 Å². The van der Waals surface area contributed by atoms with E-state index >= 15 is 0 Å². The lowest BCUT2D eigenvalue weighted by atomic mass is 9.92. The Balaban J connectivity index is 1.52. The zero-order chi connectivity index (χ0) is 25.2. The zero-order valence-electron chi connectivity index (χ0n) is 19.5. The Morgan fingerprint density at radius 1 is 1.03 bits per heavy atom. The van der Waals surface area contributed by atoms with Crippen LogP contribution in [0.4, 0.5) is 32.2 Å². The minimum Gasteiger partial charge on any atom is -0.455 e. The predicted molar refractivity (Wildman–Crippen MR) is 134 cm³/mol. The molecule has 0 aliphatic rings. The van der Waals surface area contributed by atoms with Crippen molar-refractivity contribution in [1.29, 1.82) is 0 Å². The second-order valence-corrected chi connectivity index (χ2v) is 8.84. The highest BCUT2D eigenvalue weighted by molar-refractivity contribution is 5.99. The summed E-state index contributed by atoms with van der Waals surface area (Å²) in [6.45, 7) is 6.09. The van der Waals surface area contributed by atoms with Gasteiger partial charge in [-0.1, -0.05) is 39.0 Å². The molecule has 2 amide bonds. The number of pyridine rings is 1. The van der Waals surface area contributed by atoms with Crippen LogP contribution in [0.3, 0.4) is 0 Å². The van der Waals surface area contributed by atoms with E-state index in [-0.39, 0.29) is 34.1 Å². The molecule has 2 heterocycles. The average molecular weight is 476 g/mol. The van der Waals surface area contributed by atoms with Crippen molar-refractivity contribution >= 4 is 29.0 Å². The number of nitrogens with zero attached hydrogens (tertiary/aromatic N) is 3. The first-order chi connectivity index (χ1) is 16.6. The first kappa shape index (κ1) is 23.6. The topological polar surface area (TPSA) is 133 Å². The lowest BCUT2D eigenvalue weighted by Crippen LogP contribution is -2.21. The van der Waals surface area contributed by atoms with Gasteiger partial charge in [0.25, 0.3) is 0 Å². The van der Waals surface area contributed by atoms with Gasteiger partial charge < -0.3 is 21.5 Å². The van der Waals surface area contributed by atoms with E-state index in [0.717, 1.165) is 17.4 Å². The molecule has 0 aliphatic carbocycles. The van der Waals surface area contributed by atoms with E-state index in [1.165, 1.54) is 24.4 Å². The summed E-state index contributed by atoms with van der Waals surface area (Å²) in [5.41, 5.74) is 13.0. The van der Waals surface area contributed by atoms with Crippen LogP contribution in [0.25, 0.3) is 5.69 Å². The van der Waals surface area contributed by atoms with Crippen LogP contribution in [0.15, 0.2) is 66.9 Å². The molecule has 9 nitrogen and oxygen atoms in total. The van der Waals surface area contributed by atoms with Gasteiger partial charge >= 0.3 is 6.03 Å². The summed E-state index contributed by atoms with van der Waals surface area (Å²) in [5.74, 6) is 0.305. The number of nitrogens with two attached hydrogens (primary N) is 2.